The monoisotopic (exact) mass is 100 g/mol. The summed E-state index contributed by atoms with van der Waals surface area (Å²) in [6, 6.07) is 0. The maximum absolute atomic E-state index is 2.31. The molecule has 0 radical (unpaired) electrons. The second-order valence-corrected chi connectivity index (χ2v) is 5.20. The van der Waals surface area contributed by atoms with E-state index in [-0.39, 0.29) is 34.7 Å². The summed E-state index contributed by atoms with van der Waals surface area (Å²) in [4.78, 5) is 0. The first-order valence-electron chi connectivity index (χ1n) is 1.73. The molecule has 0 bridgehead atoms. The molecule has 0 aliphatic rings. The predicted molar refractivity (Wildman–Crippen MR) is 32.7 cm³/mol. The smallest absolute Gasteiger partial charge is 1.00 e. The largest absolute Gasteiger partial charge is 2.00 e. The van der Waals surface area contributed by atoms with Crippen molar-refractivity contribution >= 4 is 31.8 Å². The average molecular weight is 101 g/mol. The van der Waals surface area contributed by atoms with Crippen molar-refractivity contribution in [3.8, 4) is 0 Å². The molecular formula is C3H12MgSi. The first kappa shape index (κ1) is 9.36. The van der Waals surface area contributed by atoms with Crippen molar-refractivity contribution in [1.82, 2.24) is 0 Å². The van der Waals surface area contributed by atoms with Crippen LogP contribution in [0.1, 0.15) is 2.85 Å². The zero-order valence-electron chi connectivity index (χ0n) is 6.28. The molecule has 0 saturated carbocycles. The van der Waals surface area contributed by atoms with Crippen molar-refractivity contribution in [2.75, 3.05) is 0 Å². The normalized spacial score (nSPS) is 7.20. The van der Waals surface area contributed by atoms with Crippen LogP contribution in [0.2, 0.25) is 19.6 Å². The molecule has 0 aliphatic carbocycles. The van der Waals surface area contributed by atoms with Gasteiger partial charge in [0, 0.05) is 8.80 Å². The van der Waals surface area contributed by atoms with Crippen LogP contribution < -0.4 is 0 Å². The molecule has 0 spiro atoms. The molecule has 0 unspecified atom stereocenters. The standard InChI is InChI=1S/C3H10Si.Mg.2H/c1-4(2)3;;;/h4H,1-3H3;;;/q;+2;2*-1. The summed E-state index contributed by atoms with van der Waals surface area (Å²) in [5, 5.41) is 0. The average Bonchev–Trinajstić information content (AvgIpc) is 0.811. The third kappa shape index (κ3) is 45.9. The first-order chi connectivity index (χ1) is 1.73. The second kappa shape index (κ2) is 4.98. The summed E-state index contributed by atoms with van der Waals surface area (Å²) in [5.74, 6) is 0. The van der Waals surface area contributed by atoms with Crippen LogP contribution in [0.15, 0.2) is 0 Å². The molecule has 30 valence electrons. The SMILES string of the molecule is C[SiH](C)C.[H-].[H-].[Mg+2]. The van der Waals surface area contributed by atoms with Crippen LogP contribution in [0, 0.1) is 0 Å². The van der Waals surface area contributed by atoms with Crippen molar-refractivity contribution in [1.29, 1.82) is 0 Å². The number of hydrogen-bond donors (Lipinski definition) is 0. The molecule has 0 heterocycles. The van der Waals surface area contributed by atoms with Gasteiger partial charge in [0.15, 0.2) is 0 Å². The molecule has 0 atom stereocenters. The molecule has 0 rings (SSSR count). The van der Waals surface area contributed by atoms with Gasteiger partial charge in [-0.1, -0.05) is 19.6 Å². The summed E-state index contributed by atoms with van der Waals surface area (Å²) in [5.41, 5.74) is 0. The molecule has 0 saturated heterocycles. The van der Waals surface area contributed by atoms with Gasteiger partial charge in [0.05, 0.1) is 0 Å². The van der Waals surface area contributed by atoms with E-state index < -0.39 is 0 Å². The van der Waals surface area contributed by atoms with Crippen molar-refractivity contribution in [2.45, 2.75) is 19.6 Å². The molecule has 0 aromatic heterocycles. The topological polar surface area (TPSA) is 0 Å². The second-order valence-electron chi connectivity index (χ2n) is 1.73. The van der Waals surface area contributed by atoms with E-state index in [1.54, 1.807) is 0 Å². The van der Waals surface area contributed by atoms with Crippen LogP contribution in [0.25, 0.3) is 0 Å². The Kier molecular flexibility index (Phi) is 9.33. The molecule has 5 heavy (non-hydrogen) atoms. The van der Waals surface area contributed by atoms with Gasteiger partial charge >= 0.3 is 23.1 Å². The van der Waals surface area contributed by atoms with Gasteiger partial charge < -0.3 is 2.85 Å². The summed E-state index contributed by atoms with van der Waals surface area (Å²) >= 11 is 0. The van der Waals surface area contributed by atoms with Crippen molar-refractivity contribution in [2.24, 2.45) is 0 Å². The molecular weight excluding hydrogens is 88.4 g/mol. The summed E-state index contributed by atoms with van der Waals surface area (Å²) in [6.07, 6.45) is 0. The molecule has 0 amide bonds. The Morgan fingerprint density at radius 1 is 1.20 bits per heavy atom. The maximum atomic E-state index is 2.31. The summed E-state index contributed by atoms with van der Waals surface area (Å²) in [6.45, 7) is 6.92. The van der Waals surface area contributed by atoms with Gasteiger partial charge in [-0.3, -0.25) is 0 Å². The Hall–Kier alpha value is 0.983. The van der Waals surface area contributed by atoms with Crippen LogP contribution in [0.4, 0.5) is 0 Å². The third-order valence-electron chi connectivity index (χ3n) is 0. The molecule has 0 nitrogen and oxygen atoms in total. The van der Waals surface area contributed by atoms with E-state index in [9.17, 15) is 0 Å². The summed E-state index contributed by atoms with van der Waals surface area (Å²) < 4.78 is 0. The van der Waals surface area contributed by atoms with Crippen molar-refractivity contribution < 1.29 is 2.85 Å². The minimum Gasteiger partial charge on any atom is -1.00 e. The zero-order valence-corrected chi connectivity index (χ0v) is 6.85. The Bertz CT molecular complexity index is 17.7. The fourth-order valence-corrected chi connectivity index (χ4v) is 0. The fraction of sp³-hybridized carbons (Fsp3) is 1.00. The van der Waals surface area contributed by atoms with Gasteiger partial charge in [0.25, 0.3) is 0 Å². The van der Waals surface area contributed by atoms with E-state index in [0.717, 1.165) is 0 Å². The predicted octanol–water partition coefficient (Wildman–Crippen LogP) is 0.947. The van der Waals surface area contributed by atoms with Gasteiger partial charge in [0.1, 0.15) is 0 Å². The van der Waals surface area contributed by atoms with Gasteiger partial charge in [-0.25, -0.2) is 0 Å². The Labute approximate surface area is 54.7 Å². The minimum atomic E-state index is -0.139. The molecule has 2 heteroatoms. The number of hydrogen-bond acceptors (Lipinski definition) is 0. The molecule has 0 aliphatic heterocycles. The van der Waals surface area contributed by atoms with E-state index >= 15 is 0 Å². The molecule has 0 fully saturated rings. The van der Waals surface area contributed by atoms with Gasteiger partial charge in [-0.2, -0.15) is 0 Å². The van der Waals surface area contributed by atoms with E-state index in [0.29, 0.717) is 0 Å². The Morgan fingerprint density at radius 3 is 1.20 bits per heavy atom. The van der Waals surface area contributed by atoms with Gasteiger partial charge in [-0.15, -0.1) is 0 Å². The van der Waals surface area contributed by atoms with Crippen molar-refractivity contribution in [3.63, 3.8) is 0 Å². The van der Waals surface area contributed by atoms with Crippen LogP contribution >= 0.6 is 0 Å². The minimum absolute atomic E-state index is 0. The first-order valence-corrected chi connectivity index (χ1v) is 5.20. The van der Waals surface area contributed by atoms with Crippen LogP contribution in [0.5, 0.6) is 0 Å². The fourth-order valence-electron chi connectivity index (χ4n) is 0. The summed E-state index contributed by atoms with van der Waals surface area (Å²) in [7, 11) is -0.139. The van der Waals surface area contributed by atoms with E-state index in [1.807, 2.05) is 0 Å². The van der Waals surface area contributed by atoms with Gasteiger partial charge in [0.2, 0.25) is 0 Å². The quantitative estimate of drug-likeness (QED) is 0.398. The Balaban J connectivity index is -0.0000000150. The van der Waals surface area contributed by atoms with E-state index in [4.69, 9.17) is 0 Å². The maximum Gasteiger partial charge on any atom is 2.00 e. The molecule has 0 aromatic carbocycles. The van der Waals surface area contributed by atoms with Gasteiger partial charge in [-0.05, 0) is 0 Å². The Morgan fingerprint density at radius 2 is 1.20 bits per heavy atom. The van der Waals surface area contributed by atoms with Crippen LogP contribution in [-0.2, 0) is 0 Å². The van der Waals surface area contributed by atoms with E-state index in [2.05, 4.69) is 19.6 Å². The zero-order chi connectivity index (χ0) is 3.58. The molecule has 0 aromatic rings. The van der Waals surface area contributed by atoms with Crippen LogP contribution in [-0.4, -0.2) is 31.8 Å². The van der Waals surface area contributed by atoms with Crippen LogP contribution in [0.3, 0.4) is 0 Å². The third-order valence-corrected chi connectivity index (χ3v) is 0. The van der Waals surface area contributed by atoms with Crippen molar-refractivity contribution in [3.05, 3.63) is 0 Å². The molecule has 0 N–H and O–H groups in total. The number of rotatable bonds is 0. The van der Waals surface area contributed by atoms with E-state index in [1.165, 1.54) is 0 Å².